The molecule has 1 aliphatic heterocycles. The Hall–Kier alpha value is -1.66. The maximum absolute atomic E-state index is 4.45. The van der Waals surface area contributed by atoms with E-state index >= 15 is 0 Å². The Morgan fingerprint density at radius 2 is 2.24 bits per heavy atom. The standard InChI is InChI=1S/C15H24N6/c1-20-9-8-19-15(20)12-21(11-14-17-6-7-18-14)10-13-4-2-3-5-16-13/h6-9,13,16H,2-5,10-12H2,1H3,(H,17,18). The van der Waals surface area contributed by atoms with Gasteiger partial charge in [0.2, 0.25) is 0 Å². The summed E-state index contributed by atoms with van der Waals surface area (Å²) in [5, 5.41) is 3.62. The van der Waals surface area contributed by atoms with Crippen molar-refractivity contribution in [2.75, 3.05) is 13.1 Å². The molecule has 2 aromatic heterocycles. The van der Waals surface area contributed by atoms with E-state index in [2.05, 4.69) is 29.7 Å². The van der Waals surface area contributed by atoms with E-state index in [1.807, 2.05) is 31.8 Å². The molecule has 0 aromatic carbocycles. The first-order valence-electron chi connectivity index (χ1n) is 7.71. The molecule has 6 nitrogen and oxygen atoms in total. The summed E-state index contributed by atoms with van der Waals surface area (Å²) in [5.41, 5.74) is 0. The number of aryl methyl sites for hydroxylation is 1. The molecular formula is C15H24N6. The van der Waals surface area contributed by atoms with Crippen molar-refractivity contribution in [3.8, 4) is 0 Å². The molecule has 0 spiro atoms. The molecule has 3 rings (SSSR count). The monoisotopic (exact) mass is 288 g/mol. The molecule has 6 heteroatoms. The normalized spacial score (nSPS) is 19.2. The lowest BCUT2D eigenvalue weighted by molar-refractivity contribution is 0.200. The highest BCUT2D eigenvalue weighted by molar-refractivity contribution is 4.94. The summed E-state index contributed by atoms with van der Waals surface area (Å²) in [4.78, 5) is 14.4. The van der Waals surface area contributed by atoms with Crippen molar-refractivity contribution in [2.24, 2.45) is 7.05 Å². The van der Waals surface area contributed by atoms with Gasteiger partial charge in [0.05, 0.1) is 13.1 Å². The Morgan fingerprint density at radius 1 is 1.29 bits per heavy atom. The van der Waals surface area contributed by atoms with Gasteiger partial charge in [0, 0.05) is 44.4 Å². The number of H-pyrrole nitrogens is 1. The van der Waals surface area contributed by atoms with Gasteiger partial charge in [-0.15, -0.1) is 0 Å². The van der Waals surface area contributed by atoms with Gasteiger partial charge >= 0.3 is 0 Å². The molecule has 0 radical (unpaired) electrons. The van der Waals surface area contributed by atoms with Crippen LogP contribution in [-0.4, -0.2) is 43.6 Å². The molecular weight excluding hydrogens is 264 g/mol. The maximum Gasteiger partial charge on any atom is 0.122 e. The summed E-state index contributed by atoms with van der Waals surface area (Å²) >= 11 is 0. The number of piperidine rings is 1. The zero-order chi connectivity index (χ0) is 14.5. The molecule has 0 bridgehead atoms. The third-order valence-electron chi connectivity index (χ3n) is 4.11. The van der Waals surface area contributed by atoms with Gasteiger partial charge in [0.25, 0.3) is 0 Å². The predicted octanol–water partition coefficient (Wildman–Crippen LogP) is 1.29. The van der Waals surface area contributed by atoms with Gasteiger partial charge in [-0.05, 0) is 19.4 Å². The van der Waals surface area contributed by atoms with Crippen LogP contribution in [0.4, 0.5) is 0 Å². The van der Waals surface area contributed by atoms with Crippen LogP contribution >= 0.6 is 0 Å². The molecule has 114 valence electrons. The Kier molecular flexibility index (Phi) is 4.67. The van der Waals surface area contributed by atoms with Gasteiger partial charge in [-0.2, -0.15) is 0 Å². The third-order valence-corrected chi connectivity index (χ3v) is 4.11. The molecule has 0 aliphatic carbocycles. The number of imidazole rings is 2. The Bertz CT molecular complexity index is 526. The summed E-state index contributed by atoms with van der Waals surface area (Å²) in [6.45, 7) is 3.86. The molecule has 2 aromatic rings. The second kappa shape index (κ2) is 6.87. The van der Waals surface area contributed by atoms with Gasteiger partial charge < -0.3 is 14.9 Å². The van der Waals surface area contributed by atoms with E-state index in [0.717, 1.165) is 37.8 Å². The van der Waals surface area contributed by atoms with E-state index in [4.69, 9.17) is 0 Å². The van der Waals surface area contributed by atoms with Gasteiger partial charge in [0.1, 0.15) is 11.6 Å². The first-order chi connectivity index (χ1) is 10.3. The Morgan fingerprint density at radius 3 is 2.90 bits per heavy atom. The molecule has 1 fully saturated rings. The van der Waals surface area contributed by atoms with Crippen LogP contribution < -0.4 is 5.32 Å². The van der Waals surface area contributed by atoms with Gasteiger partial charge in [-0.25, -0.2) is 9.97 Å². The number of aromatic amines is 1. The number of hydrogen-bond donors (Lipinski definition) is 2. The molecule has 0 amide bonds. The second-order valence-electron chi connectivity index (χ2n) is 5.81. The molecule has 1 atom stereocenters. The second-order valence-corrected chi connectivity index (χ2v) is 5.81. The smallest absolute Gasteiger partial charge is 0.122 e. The first-order valence-corrected chi connectivity index (χ1v) is 7.71. The first kappa shape index (κ1) is 14.3. The zero-order valence-corrected chi connectivity index (χ0v) is 12.6. The quantitative estimate of drug-likeness (QED) is 0.841. The van der Waals surface area contributed by atoms with E-state index in [-0.39, 0.29) is 0 Å². The molecule has 3 heterocycles. The highest BCUT2D eigenvalue weighted by Gasteiger charge is 2.18. The fraction of sp³-hybridized carbons (Fsp3) is 0.600. The number of aromatic nitrogens is 4. The topological polar surface area (TPSA) is 61.8 Å². The third kappa shape index (κ3) is 3.92. The van der Waals surface area contributed by atoms with Crippen molar-refractivity contribution in [2.45, 2.75) is 38.4 Å². The summed E-state index contributed by atoms with van der Waals surface area (Å²) < 4.78 is 2.09. The lowest BCUT2D eigenvalue weighted by Crippen LogP contribution is -2.43. The molecule has 0 saturated carbocycles. The number of rotatable bonds is 6. The van der Waals surface area contributed by atoms with Crippen molar-refractivity contribution >= 4 is 0 Å². The van der Waals surface area contributed by atoms with Crippen LogP contribution in [0.15, 0.2) is 24.8 Å². The fourth-order valence-corrected chi connectivity index (χ4v) is 2.92. The van der Waals surface area contributed by atoms with Crippen molar-refractivity contribution in [1.29, 1.82) is 0 Å². The lowest BCUT2D eigenvalue weighted by Gasteiger charge is -2.30. The van der Waals surface area contributed by atoms with E-state index < -0.39 is 0 Å². The maximum atomic E-state index is 4.45. The van der Waals surface area contributed by atoms with E-state index in [9.17, 15) is 0 Å². The van der Waals surface area contributed by atoms with Crippen LogP contribution in [-0.2, 0) is 20.1 Å². The van der Waals surface area contributed by atoms with E-state index in [0.29, 0.717) is 6.04 Å². The summed E-state index contributed by atoms with van der Waals surface area (Å²) in [5.74, 6) is 2.11. The molecule has 1 aliphatic rings. The lowest BCUT2D eigenvalue weighted by atomic mass is 10.0. The molecule has 21 heavy (non-hydrogen) atoms. The predicted molar refractivity (Wildman–Crippen MR) is 81.6 cm³/mol. The minimum Gasteiger partial charge on any atom is -0.348 e. The minimum absolute atomic E-state index is 0.578. The van der Waals surface area contributed by atoms with Gasteiger partial charge in [-0.3, -0.25) is 4.90 Å². The summed E-state index contributed by atoms with van der Waals surface area (Å²) in [6, 6.07) is 0.578. The van der Waals surface area contributed by atoms with Crippen LogP contribution in [0.25, 0.3) is 0 Å². The van der Waals surface area contributed by atoms with E-state index in [1.54, 1.807) is 0 Å². The van der Waals surface area contributed by atoms with Gasteiger partial charge in [-0.1, -0.05) is 6.42 Å². The highest BCUT2D eigenvalue weighted by Crippen LogP contribution is 2.12. The summed E-state index contributed by atoms with van der Waals surface area (Å²) in [6.07, 6.45) is 11.4. The number of nitrogens with zero attached hydrogens (tertiary/aromatic N) is 4. The van der Waals surface area contributed by atoms with Crippen LogP contribution in [0.5, 0.6) is 0 Å². The van der Waals surface area contributed by atoms with Crippen LogP contribution in [0, 0.1) is 0 Å². The van der Waals surface area contributed by atoms with Crippen molar-refractivity contribution in [3.63, 3.8) is 0 Å². The summed E-state index contributed by atoms with van der Waals surface area (Å²) in [7, 11) is 2.05. The average Bonchev–Trinajstić information content (AvgIpc) is 3.13. The average molecular weight is 288 g/mol. The Labute approximate surface area is 125 Å². The highest BCUT2D eigenvalue weighted by atomic mass is 15.2. The van der Waals surface area contributed by atoms with E-state index in [1.165, 1.54) is 19.3 Å². The number of hydrogen-bond acceptors (Lipinski definition) is 4. The zero-order valence-electron chi connectivity index (χ0n) is 12.6. The van der Waals surface area contributed by atoms with Crippen LogP contribution in [0.1, 0.15) is 30.9 Å². The van der Waals surface area contributed by atoms with Gasteiger partial charge in [0.15, 0.2) is 0 Å². The van der Waals surface area contributed by atoms with Crippen molar-refractivity contribution < 1.29 is 0 Å². The minimum atomic E-state index is 0.578. The molecule has 1 saturated heterocycles. The van der Waals surface area contributed by atoms with Crippen LogP contribution in [0.3, 0.4) is 0 Å². The fourth-order valence-electron chi connectivity index (χ4n) is 2.92. The number of nitrogens with one attached hydrogen (secondary N) is 2. The Balaban J connectivity index is 1.65. The molecule has 2 N–H and O–H groups in total. The van der Waals surface area contributed by atoms with Crippen molar-refractivity contribution in [1.82, 2.24) is 29.7 Å². The van der Waals surface area contributed by atoms with Crippen molar-refractivity contribution in [3.05, 3.63) is 36.4 Å². The SMILES string of the molecule is Cn1ccnc1CN(Cc1ncc[nH]1)CC1CCCCN1. The largest absolute Gasteiger partial charge is 0.348 e. The molecule has 1 unspecified atom stereocenters. The van der Waals surface area contributed by atoms with Crippen LogP contribution in [0.2, 0.25) is 0 Å².